The van der Waals surface area contributed by atoms with Crippen molar-refractivity contribution < 1.29 is 4.52 Å². The summed E-state index contributed by atoms with van der Waals surface area (Å²) in [4.78, 5) is 7.05. The first-order chi connectivity index (χ1) is 8.93. The monoisotopic (exact) mass is 266 g/mol. The Hall–Kier alpha value is -0.940. The fraction of sp³-hybridized carbons (Fsp3) is 0.857. The number of hydrogen-bond donors (Lipinski definition) is 1. The number of nitrogens with one attached hydrogen (secondary N) is 1. The van der Waals surface area contributed by atoms with Crippen LogP contribution in [0, 0.1) is 5.92 Å². The van der Waals surface area contributed by atoms with Crippen molar-refractivity contribution in [2.75, 3.05) is 26.2 Å². The van der Waals surface area contributed by atoms with Crippen LogP contribution in [0.4, 0.5) is 0 Å². The molecule has 19 heavy (non-hydrogen) atoms. The van der Waals surface area contributed by atoms with Crippen molar-refractivity contribution in [2.24, 2.45) is 5.92 Å². The first-order valence-corrected chi connectivity index (χ1v) is 7.22. The highest BCUT2D eigenvalue weighted by atomic mass is 16.5. The number of rotatable bonds is 4. The quantitative estimate of drug-likeness (QED) is 0.903. The molecular weight excluding hydrogens is 240 g/mol. The summed E-state index contributed by atoms with van der Waals surface area (Å²) in [6, 6.07) is 0. The fourth-order valence-electron chi connectivity index (χ4n) is 2.32. The lowest BCUT2D eigenvalue weighted by atomic mass is 9.97. The summed E-state index contributed by atoms with van der Waals surface area (Å²) in [6.07, 6.45) is 0. The standard InChI is InChI=1S/C14H26N4O/c1-10(2)11(3)12-16-13(17-19-12)14(4,5)18-8-6-15-7-9-18/h10-11,15H,6-9H2,1-5H3. The van der Waals surface area contributed by atoms with Crippen molar-refractivity contribution in [2.45, 2.75) is 46.1 Å². The van der Waals surface area contributed by atoms with Gasteiger partial charge in [-0.25, -0.2) is 0 Å². The molecule has 1 unspecified atom stereocenters. The summed E-state index contributed by atoms with van der Waals surface area (Å²) in [6.45, 7) is 14.9. The summed E-state index contributed by atoms with van der Waals surface area (Å²) < 4.78 is 5.46. The molecule has 1 aliphatic heterocycles. The molecule has 1 aromatic heterocycles. The molecule has 0 radical (unpaired) electrons. The molecule has 1 N–H and O–H groups in total. The zero-order chi connectivity index (χ0) is 14.0. The summed E-state index contributed by atoms with van der Waals surface area (Å²) in [5.41, 5.74) is -0.166. The van der Waals surface area contributed by atoms with E-state index in [1.54, 1.807) is 0 Å². The third-order valence-electron chi connectivity index (χ3n) is 4.29. The number of nitrogens with zero attached hydrogens (tertiary/aromatic N) is 3. The summed E-state index contributed by atoms with van der Waals surface area (Å²) in [5, 5.41) is 7.59. The van der Waals surface area contributed by atoms with Gasteiger partial charge in [-0.15, -0.1) is 0 Å². The molecule has 0 bridgehead atoms. The highest BCUT2D eigenvalue weighted by molar-refractivity contribution is 5.05. The topological polar surface area (TPSA) is 54.2 Å². The Morgan fingerprint density at radius 3 is 2.42 bits per heavy atom. The average molecular weight is 266 g/mol. The van der Waals surface area contributed by atoms with E-state index in [0.29, 0.717) is 11.8 Å². The molecule has 0 aromatic carbocycles. The Balaban J connectivity index is 2.16. The Morgan fingerprint density at radius 2 is 1.84 bits per heavy atom. The summed E-state index contributed by atoms with van der Waals surface area (Å²) in [5.74, 6) is 2.38. The maximum atomic E-state index is 5.46. The lowest BCUT2D eigenvalue weighted by Gasteiger charge is -2.38. The molecule has 108 valence electrons. The molecule has 0 spiro atoms. The minimum absolute atomic E-state index is 0.166. The van der Waals surface area contributed by atoms with E-state index < -0.39 is 0 Å². The molecule has 1 saturated heterocycles. The number of aromatic nitrogens is 2. The van der Waals surface area contributed by atoms with Gasteiger partial charge < -0.3 is 9.84 Å². The van der Waals surface area contributed by atoms with Gasteiger partial charge >= 0.3 is 0 Å². The van der Waals surface area contributed by atoms with Gasteiger partial charge in [0.15, 0.2) is 5.82 Å². The SMILES string of the molecule is CC(C)C(C)c1nc(C(C)(C)N2CCNCC2)no1. The van der Waals surface area contributed by atoms with Crippen LogP contribution >= 0.6 is 0 Å². The van der Waals surface area contributed by atoms with Crippen molar-refractivity contribution in [1.82, 2.24) is 20.4 Å². The molecule has 1 atom stereocenters. The van der Waals surface area contributed by atoms with Crippen molar-refractivity contribution in [3.8, 4) is 0 Å². The predicted molar refractivity (Wildman–Crippen MR) is 75.0 cm³/mol. The second kappa shape index (κ2) is 5.59. The Labute approximate surface area is 115 Å². The maximum absolute atomic E-state index is 5.46. The highest BCUT2D eigenvalue weighted by Gasteiger charge is 2.34. The zero-order valence-corrected chi connectivity index (χ0v) is 12.7. The zero-order valence-electron chi connectivity index (χ0n) is 12.7. The maximum Gasteiger partial charge on any atom is 0.229 e. The molecular formula is C14H26N4O. The van der Waals surface area contributed by atoms with E-state index in [9.17, 15) is 0 Å². The molecule has 2 rings (SSSR count). The van der Waals surface area contributed by atoms with E-state index in [0.717, 1.165) is 37.9 Å². The first kappa shape index (κ1) is 14.5. The molecule has 5 nitrogen and oxygen atoms in total. The smallest absolute Gasteiger partial charge is 0.229 e. The van der Waals surface area contributed by atoms with Crippen molar-refractivity contribution in [1.29, 1.82) is 0 Å². The second-order valence-corrected chi connectivity index (χ2v) is 6.28. The Morgan fingerprint density at radius 1 is 1.21 bits per heavy atom. The van der Waals surface area contributed by atoms with Crippen molar-refractivity contribution in [3.63, 3.8) is 0 Å². The van der Waals surface area contributed by atoms with Crippen LogP contribution in [-0.4, -0.2) is 41.2 Å². The van der Waals surface area contributed by atoms with E-state index in [4.69, 9.17) is 4.52 Å². The molecule has 1 fully saturated rings. The Kier molecular flexibility index (Phi) is 4.26. The number of hydrogen-bond acceptors (Lipinski definition) is 5. The first-order valence-electron chi connectivity index (χ1n) is 7.22. The van der Waals surface area contributed by atoms with Crippen molar-refractivity contribution >= 4 is 0 Å². The largest absolute Gasteiger partial charge is 0.339 e. The van der Waals surface area contributed by atoms with E-state index in [1.165, 1.54) is 0 Å². The van der Waals surface area contributed by atoms with E-state index in [-0.39, 0.29) is 5.54 Å². The van der Waals surface area contributed by atoms with Gasteiger partial charge in [0.1, 0.15) is 0 Å². The fourth-order valence-corrected chi connectivity index (χ4v) is 2.32. The van der Waals surface area contributed by atoms with Crippen LogP contribution in [0.1, 0.15) is 52.3 Å². The third-order valence-corrected chi connectivity index (χ3v) is 4.29. The molecule has 1 aliphatic rings. The van der Waals surface area contributed by atoms with Gasteiger partial charge in [0.2, 0.25) is 5.89 Å². The van der Waals surface area contributed by atoms with Gasteiger partial charge in [-0.3, -0.25) is 4.90 Å². The second-order valence-electron chi connectivity index (χ2n) is 6.28. The average Bonchev–Trinajstić information content (AvgIpc) is 2.89. The lowest BCUT2D eigenvalue weighted by Crippen LogP contribution is -2.52. The van der Waals surface area contributed by atoms with Gasteiger partial charge in [-0.05, 0) is 19.8 Å². The van der Waals surface area contributed by atoms with E-state index in [2.05, 4.69) is 55.0 Å². The van der Waals surface area contributed by atoms with Crippen LogP contribution in [0.15, 0.2) is 4.52 Å². The molecule has 1 aromatic rings. The van der Waals surface area contributed by atoms with Gasteiger partial charge in [0.05, 0.1) is 5.54 Å². The van der Waals surface area contributed by atoms with E-state index >= 15 is 0 Å². The van der Waals surface area contributed by atoms with Crippen LogP contribution in [0.3, 0.4) is 0 Å². The van der Waals surface area contributed by atoms with Gasteiger partial charge in [0, 0.05) is 32.1 Å². The molecule has 0 saturated carbocycles. The normalized spacial score (nSPS) is 19.9. The lowest BCUT2D eigenvalue weighted by molar-refractivity contribution is 0.0924. The van der Waals surface area contributed by atoms with Crippen LogP contribution < -0.4 is 5.32 Å². The number of piperazine rings is 1. The van der Waals surface area contributed by atoms with Crippen LogP contribution in [-0.2, 0) is 5.54 Å². The predicted octanol–water partition coefficient (Wildman–Crippen LogP) is 1.97. The minimum atomic E-state index is -0.166. The van der Waals surface area contributed by atoms with E-state index in [1.807, 2.05) is 0 Å². The van der Waals surface area contributed by atoms with Gasteiger partial charge in [0.25, 0.3) is 0 Å². The summed E-state index contributed by atoms with van der Waals surface area (Å²) in [7, 11) is 0. The molecule has 5 heteroatoms. The van der Waals surface area contributed by atoms with Gasteiger partial charge in [-0.2, -0.15) is 4.98 Å². The molecule has 0 amide bonds. The highest BCUT2D eigenvalue weighted by Crippen LogP contribution is 2.28. The van der Waals surface area contributed by atoms with Gasteiger partial charge in [-0.1, -0.05) is 25.9 Å². The van der Waals surface area contributed by atoms with Crippen LogP contribution in [0.25, 0.3) is 0 Å². The third kappa shape index (κ3) is 2.98. The molecule has 0 aliphatic carbocycles. The molecule has 2 heterocycles. The van der Waals surface area contributed by atoms with Crippen molar-refractivity contribution in [3.05, 3.63) is 11.7 Å². The van der Waals surface area contributed by atoms with Crippen LogP contribution in [0.2, 0.25) is 0 Å². The summed E-state index contributed by atoms with van der Waals surface area (Å²) >= 11 is 0. The van der Waals surface area contributed by atoms with Crippen LogP contribution in [0.5, 0.6) is 0 Å². The minimum Gasteiger partial charge on any atom is -0.339 e. The Bertz CT molecular complexity index is 407.